The fourth-order valence-corrected chi connectivity index (χ4v) is 0.857. The quantitative estimate of drug-likeness (QED) is 0.649. The summed E-state index contributed by atoms with van der Waals surface area (Å²) in [4.78, 5) is 4.11. The van der Waals surface area contributed by atoms with E-state index >= 15 is 0 Å². The van der Waals surface area contributed by atoms with Crippen molar-refractivity contribution in [2.24, 2.45) is 0 Å². The van der Waals surface area contributed by atoms with Crippen molar-refractivity contribution in [2.75, 3.05) is 0 Å². The standard InChI is InChI=1S/C9H11NO.C2H6/c1-4-5-6-9-7(2)10-8(3)11-9;1-2/h4-6H,1H2,2-3H3;1-2H3/b6-5-;. The van der Waals surface area contributed by atoms with Crippen molar-refractivity contribution < 1.29 is 4.42 Å². The smallest absolute Gasteiger partial charge is 0.191 e. The summed E-state index contributed by atoms with van der Waals surface area (Å²) in [5.74, 6) is 1.51. The third-order valence-corrected chi connectivity index (χ3v) is 1.32. The molecule has 0 saturated carbocycles. The summed E-state index contributed by atoms with van der Waals surface area (Å²) >= 11 is 0. The van der Waals surface area contributed by atoms with Gasteiger partial charge in [-0.15, -0.1) is 0 Å². The molecule has 0 atom stereocenters. The first-order chi connectivity index (χ1) is 6.24. The Hall–Kier alpha value is -1.31. The van der Waals surface area contributed by atoms with Gasteiger partial charge in [0.25, 0.3) is 0 Å². The van der Waals surface area contributed by atoms with Crippen molar-refractivity contribution in [1.29, 1.82) is 0 Å². The highest BCUT2D eigenvalue weighted by Gasteiger charge is 2.00. The molecule has 2 heteroatoms. The van der Waals surface area contributed by atoms with Gasteiger partial charge >= 0.3 is 0 Å². The molecule has 1 rings (SSSR count). The maximum Gasteiger partial charge on any atom is 0.191 e. The number of oxazole rings is 1. The molecule has 0 aliphatic rings. The Morgan fingerprint density at radius 3 is 2.31 bits per heavy atom. The largest absolute Gasteiger partial charge is 0.441 e. The Balaban J connectivity index is 0.000000671. The van der Waals surface area contributed by atoms with Crippen molar-refractivity contribution in [3.8, 4) is 0 Å². The minimum atomic E-state index is 0.700. The molecule has 72 valence electrons. The molecule has 0 saturated heterocycles. The molecule has 1 aromatic rings. The van der Waals surface area contributed by atoms with Gasteiger partial charge in [-0.25, -0.2) is 4.98 Å². The molecule has 0 amide bonds. The molecule has 0 radical (unpaired) electrons. The number of hydrogen-bond acceptors (Lipinski definition) is 2. The molecule has 1 aromatic heterocycles. The number of aryl methyl sites for hydroxylation is 2. The number of aromatic nitrogens is 1. The number of nitrogens with zero attached hydrogens (tertiary/aromatic N) is 1. The molecule has 0 fully saturated rings. The lowest BCUT2D eigenvalue weighted by Gasteiger charge is -1.82. The number of allylic oxidation sites excluding steroid dienone is 2. The van der Waals surface area contributed by atoms with E-state index in [4.69, 9.17) is 4.42 Å². The van der Waals surface area contributed by atoms with Crippen molar-refractivity contribution >= 4 is 6.08 Å². The van der Waals surface area contributed by atoms with Gasteiger partial charge in [0.05, 0.1) is 5.69 Å². The van der Waals surface area contributed by atoms with Crippen molar-refractivity contribution in [3.63, 3.8) is 0 Å². The zero-order valence-corrected chi connectivity index (χ0v) is 8.79. The van der Waals surface area contributed by atoms with E-state index in [-0.39, 0.29) is 0 Å². The first kappa shape index (κ1) is 11.7. The first-order valence-electron chi connectivity index (χ1n) is 4.47. The van der Waals surface area contributed by atoms with Gasteiger partial charge in [-0.05, 0) is 13.0 Å². The molecule has 0 aromatic carbocycles. The molecule has 0 N–H and O–H groups in total. The maximum absolute atomic E-state index is 5.27. The number of hydrogen-bond donors (Lipinski definition) is 0. The predicted octanol–water partition coefficient (Wildman–Crippen LogP) is 3.52. The lowest BCUT2D eigenvalue weighted by atomic mass is 10.3. The van der Waals surface area contributed by atoms with Crippen LogP contribution in [0.15, 0.2) is 23.1 Å². The van der Waals surface area contributed by atoms with Crippen LogP contribution in [-0.2, 0) is 0 Å². The lowest BCUT2D eigenvalue weighted by molar-refractivity contribution is 0.512. The van der Waals surface area contributed by atoms with Gasteiger partial charge in [0.15, 0.2) is 5.89 Å². The Morgan fingerprint density at radius 2 is 1.92 bits per heavy atom. The van der Waals surface area contributed by atoms with Gasteiger partial charge in [0, 0.05) is 6.92 Å². The topological polar surface area (TPSA) is 26.0 Å². The van der Waals surface area contributed by atoms with Crippen molar-refractivity contribution in [2.45, 2.75) is 27.7 Å². The summed E-state index contributed by atoms with van der Waals surface area (Å²) in [6, 6.07) is 0. The van der Waals surface area contributed by atoms with E-state index < -0.39 is 0 Å². The van der Waals surface area contributed by atoms with Crippen LogP contribution < -0.4 is 0 Å². The summed E-state index contributed by atoms with van der Waals surface area (Å²) in [6.45, 7) is 11.3. The first-order valence-corrected chi connectivity index (χ1v) is 4.47. The summed E-state index contributed by atoms with van der Waals surface area (Å²) in [6.07, 6.45) is 5.38. The van der Waals surface area contributed by atoms with Gasteiger partial charge in [-0.1, -0.05) is 32.6 Å². The van der Waals surface area contributed by atoms with Gasteiger partial charge < -0.3 is 4.42 Å². The third-order valence-electron chi connectivity index (χ3n) is 1.32. The highest BCUT2D eigenvalue weighted by Crippen LogP contribution is 2.10. The van der Waals surface area contributed by atoms with Crippen LogP contribution >= 0.6 is 0 Å². The van der Waals surface area contributed by atoms with Crippen molar-refractivity contribution in [3.05, 3.63) is 36.1 Å². The van der Waals surface area contributed by atoms with E-state index in [0.29, 0.717) is 5.89 Å². The van der Waals surface area contributed by atoms with Crippen LogP contribution in [-0.4, -0.2) is 4.98 Å². The average Bonchev–Trinajstić information content (AvgIpc) is 2.45. The van der Waals surface area contributed by atoms with E-state index in [9.17, 15) is 0 Å². The van der Waals surface area contributed by atoms with E-state index in [1.54, 1.807) is 6.08 Å². The summed E-state index contributed by atoms with van der Waals surface area (Å²) in [5.41, 5.74) is 0.917. The van der Waals surface area contributed by atoms with Gasteiger partial charge in [0.2, 0.25) is 0 Å². The fourth-order valence-electron chi connectivity index (χ4n) is 0.857. The molecule has 0 aliphatic heterocycles. The monoisotopic (exact) mass is 179 g/mol. The molecule has 1 heterocycles. The lowest BCUT2D eigenvalue weighted by Crippen LogP contribution is -1.72. The molecular weight excluding hydrogens is 162 g/mol. The van der Waals surface area contributed by atoms with Gasteiger partial charge in [0.1, 0.15) is 5.76 Å². The molecule has 0 bridgehead atoms. The second-order valence-electron chi connectivity index (χ2n) is 2.28. The van der Waals surface area contributed by atoms with Crippen LogP contribution in [0.5, 0.6) is 0 Å². The highest BCUT2D eigenvalue weighted by atomic mass is 16.4. The molecule has 0 spiro atoms. The van der Waals surface area contributed by atoms with Crippen LogP contribution in [0.3, 0.4) is 0 Å². The molecule has 2 nitrogen and oxygen atoms in total. The van der Waals surface area contributed by atoms with E-state index in [1.165, 1.54) is 0 Å². The second kappa shape index (κ2) is 6.23. The summed E-state index contributed by atoms with van der Waals surface area (Å²) in [5, 5.41) is 0. The van der Waals surface area contributed by atoms with Crippen LogP contribution in [0.25, 0.3) is 6.08 Å². The van der Waals surface area contributed by atoms with Crippen LogP contribution in [0, 0.1) is 13.8 Å². The molecular formula is C11H17NO. The highest BCUT2D eigenvalue weighted by molar-refractivity contribution is 5.46. The van der Waals surface area contributed by atoms with Crippen LogP contribution in [0.1, 0.15) is 31.2 Å². The predicted molar refractivity (Wildman–Crippen MR) is 56.6 cm³/mol. The maximum atomic E-state index is 5.27. The zero-order valence-electron chi connectivity index (χ0n) is 8.79. The summed E-state index contributed by atoms with van der Waals surface area (Å²) in [7, 11) is 0. The van der Waals surface area contributed by atoms with E-state index in [0.717, 1.165) is 11.5 Å². The Bertz CT molecular complexity index is 284. The van der Waals surface area contributed by atoms with E-state index in [1.807, 2.05) is 39.8 Å². The zero-order chi connectivity index (χ0) is 10.3. The Labute approximate surface area is 80.0 Å². The molecule has 0 unspecified atom stereocenters. The third kappa shape index (κ3) is 3.74. The number of rotatable bonds is 2. The second-order valence-corrected chi connectivity index (χ2v) is 2.28. The fraction of sp³-hybridized carbons (Fsp3) is 0.364. The van der Waals surface area contributed by atoms with Crippen LogP contribution in [0.4, 0.5) is 0 Å². The minimum absolute atomic E-state index is 0.700. The SMILES string of the molecule is C=C/C=C\c1oc(C)nc1C.CC. The molecule has 13 heavy (non-hydrogen) atoms. The normalized spacial score (nSPS) is 9.54. The van der Waals surface area contributed by atoms with Crippen molar-refractivity contribution in [1.82, 2.24) is 4.98 Å². The van der Waals surface area contributed by atoms with Gasteiger partial charge in [-0.2, -0.15) is 0 Å². The Morgan fingerprint density at radius 1 is 1.31 bits per heavy atom. The minimum Gasteiger partial charge on any atom is -0.441 e. The van der Waals surface area contributed by atoms with Gasteiger partial charge in [-0.3, -0.25) is 0 Å². The Kier molecular flexibility index (Phi) is 5.60. The average molecular weight is 179 g/mol. The van der Waals surface area contributed by atoms with Crippen LogP contribution in [0.2, 0.25) is 0 Å². The van der Waals surface area contributed by atoms with E-state index in [2.05, 4.69) is 11.6 Å². The summed E-state index contributed by atoms with van der Waals surface area (Å²) < 4.78 is 5.27. The molecule has 0 aliphatic carbocycles.